The van der Waals surface area contributed by atoms with Crippen LogP contribution in [0.4, 0.5) is 27.2 Å². The van der Waals surface area contributed by atoms with Crippen LogP contribution in [0.25, 0.3) is 0 Å². The number of carbonyl (C=O) groups is 2. The Hall–Kier alpha value is -2.43. The number of ether oxygens (including phenoxy) is 3. The summed E-state index contributed by atoms with van der Waals surface area (Å²) >= 11 is 0. The molecule has 1 aliphatic rings. The lowest BCUT2D eigenvalue weighted by molar-refractivity contribution is -0.0502. The molecule has 182 valence electrons. The van der Waals surface area contributed by atoms with Gasteiger partial charge in [-0.2, -0.15) is 8.78 Å². The van der Waals surface area contributed by atoms with Gasteiger partial charge >= 0.3 is 18.8 Å². The van der Waals surface area contributed by atoms with Gasteiger partial charge in [-0.15, -0.1) is 12.4 Å². The first-order valence-electron chi connectivity index (χ1n) is 9.64. The zero-order valence-electron chi connectivity index (χ0n) is 18.4. The molecule has 0 saturated carbocycles. The molecule has 0 aliphatic carbocycles. The Morgan fingerprint density at radius 3 is 2.00 bits per heavy atom. The molecule has 2 rings (SSSR count). The van der Waals surface area contributed by atoms with Gasteiger partial charge in [0.1, 0.15) is 29.6 Å². The van der Waals surface area contributed by atoms with Crippen LogP contribution in [0.1, 0.15) is 40.2 Å². The standard InChI is InChI=1S/C20H26F4N2O5.ClH/c1-11-8-25(18(27)31-20(3,4)5)9-12(2)26(11)19(28)29-10-14-15(21)6-13(7-16(14)22)30-17(23)24;/h6-7,11-12,17H,8-10H2,1-5H3;1H. The number of benzene rings is 1. The van der Waals surface area contributed by atoms with Gasteiger partial charge in [-0.05, 0) is 34.6 Å². The Kier molecular flexibility index (Phi) is 9.43. The zero-order valence-corrected chi connectivity index (χ0v) is 19.2. The Balaban J connectivity index is 0.00000512. The van der Waals surface area contributed by atoms with Crippen LogP contribution in [0.15, 0.2) is 12.1 Å². The summed E-state index contributed by atoms with van der Waals surface area (Å²) in [5, 5.41) is 0. The summed E-state index contributed by atoms with van der Waals surface area (Å²) < 4.78 is 66.9. The number of carbonyl (C=O) groups excluding carboxylic acids is 2. The van der Waals surface area contributed by atoms with E-state index in [9.17, 15) is 27.2 Å². The third kappa shape index (κ3) is 7.32. The molecule has 2 amide bonds. The molecule has 1 fully saturated rings. The number of hydrogen-bond donors (Lipinski definition) is 0. The van der Waals surface area contributed by atoms with Crippen LogP contribution in [0.2, 0.25) is 0 Å². The van der Waals surface area contributed by atoms with E-state index in [1.54, 1.807) is 34.6 Å². The van der Waals surface area contributed by atoms with Gasteiger partial charge in [0.2, 0.25) is 0 Å². The maximum atomic E-state index is 14.1. The van der Waals surface area contributed by atoms with Gasteiger partial charge in [-0.25, -0.2) is 18.4 Å². The van der Waals surface area contributed by atoms with E-state index >= 15 is 0 Å². The number of halogens is 5. The summed E-state index contributed by atoms with van der Waals surface area (Å²) in [6, 6.07) is 0.285. The van der Waals surface area contributed by atoms with Crippen LogP contribution in [0.5, 0.6) is 5.75 Å². The van der Waals surface area contributed by atoms with Crippen LogP contribution in [-0.2, 0) is 16.1 Å². The van der Waals surface area contributed by atoms with E-state index < -0.39 is 66.0 Å². The average molecular weight is 487 g/mol. The molecule has 12 heteroatoms. The van der Waals surface area contributed by atoms with Crippen molar-refractivity contribution in [3.05, 3.63) is 29.3 Å². The van der Waals surface area contributed by atoms with Crippen LogP contribution >= 0.6 is 12.4 Å². The Bertz CT molecular complexity index is 787. The second-order valence-electron chi connectivity index (χ2n) is 8.29. The molecule has 7 nitrogen and oxygen atoms in total. The number of amides is 2. The highest BCUT2D eigenvalue weighted by molar-refractivity contribution is 5.85. The van der Waals surface area contributed by atoms with E-state index in [2.05, 4.69) is 4.74 Å². The molecule has 2 atom stereocenters. The summed E-state index contributed by atoms with van der Waals surface area (Å²) in [6.07, 6.45) is -1.33. The first-order chi connectivity index (χ1) is 14.3. The highest BCUT2D eigenvalue weighted by Crippen LogP contribution is 2.24. The lowest BCUT2D eigenvalue weighted by Crippen LogP contribution is -2.60. The van der Waals surface area contributed by atoms with E-state index in [-0.39, 0.29) is 25.5 Å². The van der Waals surface area contributed by atoms with Crippen molar-refractivity contribution in [2.24, 2.45) is 0 Å². The van der Waals surface area contributed by atoms with Gasteiger partial charge in [0.15, 0.2) is 0 Å². The highest BCUT2D eigenvalue weighted by atomic mass is 35.5. The summed E-state index contributed by atoms with van der Waals surface area (Å²) in [5.74, 6) is -3.04. The molecule has 1 saturated heterocycles. The van der Waals surface area contributed by atoms with Crippen molar-refractivity contribution in [1.29, 1.82) is 0 Å². The molecule has 1 aliphatic heterocycles. The first kappa shape index (κ1) is 27.6. The maximum absolute atomic E-state index is 14.1. The minimum Gasteiger partial charge on any atom is -0.444 e. The molecule has 0 bridgehead atoms. The minimum absolute atomic E-state index is 0. The molecule has 0 aromatic heterocycles. The fourth-order valence-corrected chi connectivity index (χ4v) is 3.26. The van der Waals surface area contributed by atoms with Gasteiger partial charge in [-0.3, -0.25) is 4.90 Å². The lowest BCUT2D eigenvalue weighted by atomic mass is 10.1. The number of hydrogen-bond acceptors (Lipinski definition) is 5. The highest BCUT2D eigenvalue weighted by Gasteiger charge is 2.37. The van der Waals surface area contributed by atoms with Crippen molar-refractivity contribution < 1.29 is 41.4 Å². The van der Waals surface area contributed by atoms with Crippen molar-refractivity contribution in [3.8, 4) is 5.75 Å². The van der Waals surface area contributed by atoms with Crippen LogP contribution in [0, 0.1) is 11.6 Å². The SMILES string of the molecule is CC1CN(C(=O)OC(C)(C)C)CC(C)N1C(=O)OCc1c(F)cc(OC(F)F)cc1F.Cl. The number of alkyl halides is 2. The van der Waals surface area contributed by atoms with Crippen molar-refractivity contribution in [2.45, 2.75) is 65.5 Å². The summed E-state index contributed by atoms with van der Waals surface area (Å²) in [4.78, 5) is 27.7. The molecular formula is C20H27ClF4N2O5. The maximum Gasteiger partial charge on any atom is 0.410 e. The topological polar surface area (TPSA) is 68.3 Å². The Morgan fingerprint density at radius 2 is 1.56 bits per heavy atom. The van der Waals surface area contributed by atoms with E-state index in [1.807, 2.05) is 0 Å². The second-order valence-corrected chi connectivity index (χ2v) is 8.29. The molecule has 32 heavy (non-hydrogen) atoms. The largest absolute Gasteiger partial charge is 0.444 e. The predicted octanol–water partition coefficient (Wildman–Crippen LogP) is 4.95. The Morgan fingerprint density at radius 1 is 1.06 bits per heavy atom. The van der Waals surface area contributed by atoms with E-state index in [1.165, 1.54) is 9.80 Å². The summed E-state index contributed by atoms with van der Waals surface area (Å²) in [5.41, 5.74) is -1.26. The summed E-state index contributed by atoms with van der Waals surface area (Å²) in [6.45, 7) is 5.05. The normalized spacial score (nSPS) is 18.8. The molecule has 0 spiro atoms. The smallest absolute Gasteiger partial charge is 0.410 e. The molecule has 0 radical (unpaired) electrons. The quantitative estimate of drug-likeness (QED) is 0.563. The predicted molar refractivity (Wildman–Crippen MR) is 109 cm³/mol. The Labute approximate surface area is 190 Å². The third-order valence-corrected chi connectivity index (χ3v) is 4.46. The monoisotopic (exact) mass is 486 g/mol. The molecule has 1 aromatic rings. The van der Waals surface area contributed by atoms with Crippen molar-refractivity contribution in [3.63, 3.8) is 0 Å². The minimum atomic E-state index is -3.23. The van der Waals surface area contributed by atoms with Crippen LogP contribution in [0.3, 0.4) is 0 Å². The average Bonchev–Trinajstić information content (AvgIpc) is 2.58. The molecule has 0 N–H and O–H groups in total. The number of rotatable bonds is 4. The third-order valence-electron chi connectivity index (χ3n) is 4.46. The zero-order chi connectivity index (χ0) is 23.5. The second kappa shape index (κ2) is 10.9. The molecule has 1 heterocycles. The van der Waals surface area contributed by atoms with Crippen molar-refractivity contribution in [1.82, 2.24) is 9.80 Å². The van der Waals surface area contributed by atoms with Gasteiger partial charge in [0.05, 0.1) is 17.6 Å². The first-order valence-corrected chi connectivity index (χ1v) is 9.64. The van der Waals surface area contributed by atoms with Crippen molar-refractivity contribution in [2.75, 3.05) is 13.1 Å². The molecule has 2 unspecified atom stereocenters. The van der Waals surface area contributed by atoms with Crippen LogP contribution < -0.4 is 4.74 Å². The fraction of sp³-hybridized carbons (Fsp3) is 0.600. The number of nitrogens with zero attached hydrogens (tertiary/aromatic N) is 2. The van der Waals surface area contributed by atoms with E-state index in [4.69, 9.17) is 9.47 Å². The van der Waals surface area contributed by atoms with Gasteiger partial charge in [0, 0.05) is 25.2 Å². The fourth-order valence-electron chi connectivity index (χ4n) is 3.26. The van der Waals surface area contributed by atoms with Crippen molar-refractivity contribution >= 4 is 24.6 Å². The van der Waals surface area contributed by atoms with E-state index in [0.717, 1.165) is 0 Å². The summed E-state index contributed by atoms with van der Waals surface area (Å²) in [7, 11) is 0. The van der Waals surface area contributed by atoms with Gasteiger partial charge < -0.3 is 19.1 Å². The lowest BCUT2D eigenvalue weighted by Gasteiger charge is -2.43. The van der Waals surface area contributed by atoms with Gasteiger partial charge in [-0.1, -0.05) is 0 Å². The number of piperazine rings is 1. The van der Waals surface area contributed by atoms with E-state index in [0.29, 0.717) is 12.1 Å². The van der Waals surface area contributed by atoms with Crippen LogP contribution in [-0.4, -0.2) is 59.4 Å². The molecule has 1 aromatic carbocycles. The molecular weight excluding hydrogens is 460 g/mol. The van der Waals surface area contributed by atoms with Gasteiger partial charge in [0.25, 0.3) is 0 Å².